The van der Waals surface area contributed by atoms with Crippen LogP contribution in [0.5, 0.6) is 0 Å². The van der Waals surface area contributed by atoms with Crippen LogP contribution in [0.1, 0.15) is 14.5 Å². The highest BCUT2D eigenvalue weighted by Crippen LogP contribution is 2.39. The summed E-state index contributed by atoms with van der Waals surface area (Å²) in [4.78, 5) is 7.90. The number of aromatic nitrogens is 3. The fraction of sp³-hybridized carbons (Fsp3) is 0.500. The molecule has 0 spiro atoms. The van der Waals surface area contributed by atoms with Gasteiger partial charge >= 0.3 is 0 Å². The predicted octanol–water partition coefficient (Wildman–Crippen LogP) is -0.985. The maximum absolute atomic E-state index is 10.5. The van der Waals surface area contributed by atoms with E-state index in [0.29, 0.717) is 11.0 Å². The number of hydrogen-bond donors (Lipinski definition) is 4. The van der Waals surface area contributed by atoms with Gasteiger partial charge in [0.2, 0.25) is 0 Å². The van der Waals surface area contributed by atoms with Crippen molar-refractivity contribution < 1.29 is 21.4 Å². The van der Waals surface area contributed by atoms with Gasteiger partial charge in [-0.2, -0.15) is 0 Å². The lowest BCUT2D eigenvalue weighted by Gasteiger charge is -2.27. The summed E-state index contributed by atoms with van der Waals surface area (Å²) in [7, 11) is 0. The van der Waals surface area contributed by atoms with Crippen molar-refractivity contribution in [2.45, 2.75) is 31.0 Å². The van der Waals surface area contributed by atoms with Crippen LogP contribution >= 0.6 is 0 Å². The van der Waals surface area contributed by atoms with Crippen LogP contribution in [0.2, 0.25) is 0 Å². The third-order valence-electron chi connectivity index (χ3n) is 3.64. The maximum atomic E-state index is 10.5. The first-order chi connectivity index (χ1) is 9.87. The quantitative estimate of drug-likeness (QED) is 0.557. The normalized spacial score (nSPS) is 34.6. The minimum atomic E-state index is -1.65. The summed E-state index contributed by atoms with van der Waals surface area (Å²) in [6, 6.07) is 0.0874. The van der Waals surface area contributed by atoms with Crippen LogP contribution in [-0.2, 0) is 4.74 Å². The number of nitrogens with two attached hydrogens (primary N) is 1. The van der Waals surface area contributed by atoms with Crippen LogP contribution in [0.4, 0.5) is 5.82 Å². The number of nitrogens with zero attached hydrogens (tertiary/aromatic N) is 3. The van der Waals surface area contributed by atoms with Gasteiger partial charge in [0.05, 0.1) is 13.4 Å². The van der Waals surface area contributed by atoms with Crippen molar-refractivity contribution in [3.8, 4) is 0 Å². The average Bonchev–Trinajstić information content (AvgIpc) is 2.87. The molecule has 1 aliphatic rings. The summed E-state index contributed by atoms with van der Waals surface area (Å²) in [6.07, 6.45) is -0.534. The van der Waals surface area contributed by atoms with E-state index in [1.54, 1.807) is 0 Å². The maximum Gasteiger partial charge on any atom is 0.167 e. The largest absolute Gasteiger partial charge is 0.394 e. The van der Waals surface area contributed by atoms with E-state index < -0.39 is 30.6 Å². The Hall–Kier alpha value is -1.74. The summed E-state index contributed by atoms with van der Waals surface area (Å²) < 4.78 is 14.9. The van der Waals surface area contributed by atoms with Crippen LogP contribution < -0.4 is 5.73 Å². The zero-order chi connectivity index (χ0) is 15.4. The van der Waals surface area contributed by atoms with Gasteiger partial charge in [-0.15, -0.1) is 0 Å². The number of aliphatic hydroxyl groups is 3. The van der Waals surface area contributed by atoms with Crippen LogP contribution in [0, 0.1) is 0 Å². The van der Waals surface area contributed by atoms with E-state index in [-0.39, 0.29) is 11.9 Å². The van der Waals surface area contributed by atoms with Crippen LogP contribution in [-0.4, -0.2) is 54.3 Å². The number of anilines is 1. The Morgan fingerprint density at radius 1 is 1.60 bits per heavy atom. The molecule has 2 unspecified atom stereocenters. The highest BCUT2D eigenvalue weighted by Gasteiger charge is 2.53. The Bertz CT molecular complexity index is 689. The molecule has 3 heterocycles. The van der Waals surface area contributed by atoms with E-state index in [0.717, 1.165) is 0 Å². The molecule has 5 N–H and O–H groups in total. The highest BCUT2D eigenvalue weighted by atomic mass is 16.6. The summed E-state index contributed by atoms with van der Waals surface area (Å²) in [5.41, 5.74) is 4.42. The molecule has 1 aliphatic heterocycles. The second-order valence-electron chi connectivity index (χ2n) is 5.02. The third-order valence-corrected chi connectivity index (χ3v) is 3.64. The van der Waals surface area contributed by atoms with E-state index in [1.165, 1.54) is 24.0 Å². The number of rotatable bonds is 2. The fourth-order valence-corrected chi connectivity index (χ4v) is 2.49. The lowest BCUT2D eigenvalue weighted by Crippen LogP contribution is -2.44. The lowest BCUT2D eigenvalue weighted by molar-refractivity contribution is -0.0948. The smallest absolute Gasteiger partial charge is 0.167 e. The molecule has 0 aromatic carbocycles. The Balaban J connectivity index is 2.15. The van der Waals surface area contributed by atoms with Gasteiger partial charge < -0.3 is 30.4 Å². The minimum Gasteiger partial charge on any atom is -0.394 e. The third kappa shape index (κ3) is 1.70. The SMILES string of the molecule is [3H]c1cn(C2OC(CO)[C@@H](O)[C@@]2(C)O)c2ncnc(N)c12. The van der Waals surface area contributed by atoms with Gasteiger partial charge in [-0.05, 0) is 13.0 Å². The minimum absolute atomic E-state index is 0.0874. The number of fused-ring (bicyclic) bond motifs is 1. The van der Waals surface area contributed by atoms with E-state index in [1.807, 2.05) is 0 Å². The molecule has 2 aromatic rings. The first-order valence-corrected chi connectivity index (χ1v) is 6.12. The highest BCUT2D eigenvalue weighted by molar-refractivity contribution is 5.86. The first kappa shape index (κ1) is 12.0. The van der Waals surface area contributed by atoms with Gasteiger partial charge in [-0.3, -0.25) is 0 Å². The molecule has 4 atom stereocenters. The molecule has 8 nitrogen and oxygen atoms in total. The van der Waals surface area contributed by atoms with Gasteiger partial charge in [-0.1, -0.05) is 0 Å². The Labute approximate surface area is 115 Å². The monoisotopic (exact) mass is 282 g/mol. The van der Waals surface area contributed by atoms with Crippen LogP contribution in [0.3, 0.4) is 0 Å². The van der Waals surface area contributed by atoms with Crippen molar-refractivity contribution >= 4 is 16.9 Å². The zero-order valence-electron chi connectivity index (χ0n) is 11.8. The molecule has 20 heavy (non-hydrogen) atoms. The second-order valence-corrected chi connectivity index (χ2v) is 5.02. The van der Waals surface area contributed by atoms with Crippen molar-refractivity contribution in [3.05, 3.63) is 18.6 Å². The Morgan fingerprint density at radius 2 is 2.35 bits per heavy atom. The molecule has 0 bridgehead atoms. The molecule has 2 aromatic heterocycles. The summed E-state index contributed by atoms with van der Waals surface area (Å²) in [5, 5.41) is 30.1. The molecule has 108 valence electrons. The fourth-order valence-electron chi connectivity index (χ4n) is 2.49. The average molecular weight is 282 g/mol. The van der Waals surface area contributed by atoms with Crippen LogP contribution in [0.15, 0.2) is 18.6 Å². The van der Waals surface area contributed by atoms with Crippen molar-refractivity contribution in [1.29, 1.82) is 0 Å². The second kappa shape index (κ2) is 4.38. The molecule has 0 radical (unpaired) electrons. The van der Waals surface area contributed by atoms with Gasteiger partial charge in [0.15, 0.2) is 6.23 Å². The molecular formula is C12H16N4O4. The summed E-state index contributed by atoms with van der Waals surface area (Å²) in [5.74, 6) is 0.153. The van der Waals surface area contributed by atoms with Gasteiger partial charge in [-0.25, -0.2) is 9.97 Å². The standard InChI is InChI=1S/C12H16N4O4/c1-12(19)8(18)7(4-17)20-11(12)16-3-2-6-9(13)14-5-15-10(6)16/h2-3,5,7-8,11,17-19H,4H2,1H3,(H2,13,14,15)/t7?,8-,11?,12-/m1/s1/i2T. The van der Waals surface area contributed by atoms with Crippen molar-refractivity contribution in [2.75, 3.05) is 12.3 Å². The molecule has 8 heteroatoms. The van der Waals surface area contributed by atoms with Gasteiger partial charge in [0.1, 0.15) is 35.6 Å². The van der Waals surface area contributed by atoms with Crippen LogP contribution in [0.25, 0.3) is 11.0 Å². The molecule has 0 saturated carbocycles. The number of hydrogen-bond acceptors (Lipinski definition) is 7. The van der Waals surface area contributed by atoms with E-state index in [2.05, 4.69) is 9.97 Å². The van der Waals surface area contributed by atoms with Crippen molar-refractivity contribution in [1.82, 2.24) is 14.5 Å². The van der Waals surface area contributed by atoms with E-state index >= 15 is 0 Å². The Morgan fingerprint density at radius 3 is 3.00 bits per heavy atom. The number of aliphatic hydroxyl groups excluding tert-OH is 2. The number of ether oxygens (including phenoxy) is 1. The molecular weight excluding hydrogens is 264 g/mol. The van der Waals surface area contributed by atoms with E-state index in [9.17, 15) is 15.3 Å². The summed E-state index contributed by atoms with van der Waals surface area (Å²) in [6.45, 7) is 0.968. The molecule has 3 rings (SSSR count). The molecule has 0 amide bonds. The predicted molar refractivity (Wildman–Crippen MR) is 69.6 cm³/mol. The molecule has 0 aliphatic carbocycles. The topological polar surface area (TPSA) is 127 Å². The van der Waals surface area contributed by atoms with Crippen molar-refractivity contribution in [2.24, 2.45) is 0 Å². The number of nitrogen functional groups attached to an aromatic ring is 1. The van der Waals surface area contributed by atoms with Crippen molar-refractivity contribution in [3.63, 3.8) is 0 Å². The Kier molecular flexibility index (Phi) is 2.64. The molecule has 1 fully saturated rings. The van der Waals surface area contributed by atoms with E-state index in [4.69, 9.17) is 11.8 Å². The van der Waals surface area contributed by atoms with Gasteiger partial charge in [0, 0.05) is 6.20 Å². The lowest BCUT2D eigenvalue weighted by atomic mass is 9.96. The first-order valence-electron chi connectivity index (χ1n) is 6.62. The summed E-state index contributed by atoms with van der Waals surface area (Å²) >= 11 is 0. The zero-order valence-corrected chi connectivity index (χ0v) is 10.8. The van der Waals surface area contributed by atoms with Gasteiger partial charge in [0.25, 0.3) is 0 Å². The molecule has 1 saturated heterocycles.